The van der Waals surface area contributed by atoms with Gasteiger partial charge in [-0.1, -0.05) is 24.3 Å². The van der Waals surface area contributed by atoms with E-state index in [9.17, 15) is 17.6 Å². The number of nitrogens with zero attached hydrogens (tertiary/aromatic N) is 2. The number of rotatable bonds is 6. The molecule has 0 bridgehead atoms. The van der Waals surface area contributed by atoms with Crippen molar-refractivity contribution in [1.29, 1.82) is 0 Å². The molecular weight excluding hydrogens is 431 g/mol. The molecule has 0 saturated carbocycles. The van der Waals surface area contributed by atoms with Crippen LogP contribution in [0.5, 0.6) is 0 Å². The normalized spacial score (nSPS) is 11.2. The molecule has 0 fully saturated rings. The molecule has 0 aliphatic heterocycles. The fraction of sp³-hybridized carbons (Fsp3) is 0.0435. The first kappa shape index (κ1) is 21.3. The van der Waals surface area contributed by atoms with E-state index >= 15 is 0 Å². The second-order valence-corrected chi connectivity index (χ2v) is 8.71. The lowest BCUT2D eigenvalue weighted by atomic mass is 10.1. The summed E-state index contributed by atoms with van der Waals surface area (Å²) in [5.41, 5.74) is 1.85. The van der Waals surface area contributed by atoms with Gasteiger partial charge in [-0.2, -0.15) is 5.10 Å². The Morgan fingerprint density at radius 2 is 1.69 bits per heavy atom. The third kappa shape index (κ3) is 4.68. The molecule has 7 nitrogen and oxygen atoms in total. The van der Waals surface area contributed by atoms with Gasteiger partial charge < -0.3 is 5.32 Å². The Morgan fingerprint density at radius 3 is 2.41 bits per heavy atom. The molecule has 4 rings (SSSR count). The number of carbonyl (C=O) groups is 1. The maximum absolute atomic E-state index is 13.1. The number of hydrogen-bond donors (Lipinski definition) is 2. The van der Waals surface area contributed by atoms with Crippen LogP contribution in [0.15, 0.2) is 90.0 Å². The van der Waals surface area contributed by atoms with Crippen LogP contribution >= 0.6 is 0 Å². The maximum Gasteiger partial charge on any atom is 0.261 e. The molecule has 0 aliphatic rings. The Morgan fingerprint density at radius 1 is 0.969 bits per heavy atom. The van der Waals surface area contributed by atoms with Gasteiger partial charge >= 0.3 is 0 Å². The van der Waals surface area contributed by atoms with Crippen molar-refractivity contribution in [3.8, 4) is 5.69 Å². The summed E-state index contributed by atoms with van der Waals surface area (Å²) >= 11 is 0. The summed E-state index contributed by atoms with van der Waals surface area (Å²) in [6.07, 6.45) is 1.71. The van der Waals surface area contributed by atoms with Crippen LogP contribution in [-0.4, -0.2) is 24.1 Å². The third-order valence-electron chi connectivity index (χ3n) is 4.71. The van der Waals surface area contributed by atoms with E-state index in [0.717, 1.165) is 17.8 Å². The number of para-hydroxylation sites is 1. The zero-order valence-corrected chi connectivity index (χ0v) is 17.8. The van der Waals surface area contributed by atoms with Crippen LogP contribution < -0.4 is 10.0 Å². The lowest BCUT2D eigenvalue weighted by Crippen LogP contribution is -2.17. The summed E-state index contributed by atoms with van der Waals surface area (Å²) in [6.45, 7) is 1.71. The van der Waals surface area contributed by atoms with Crippen molar-refractivity contribution in [3.63, 3.8) is 0 Å². The predicted molar refractivity (Wildman–Crippen MR) is 120 cm³/mol. The fourth-order valence-electron chi connectivity index (χ4n) is 3.04. The topological polar surface area (TPSA) is 93.1 Å². The number of aromatic nitrogens is 2. The smallest absolute Gasteiger partial charge is 0.261 e. The van der Waals surface area contributed by atoms with Crippen LogP contribution in [0.4, 0.5) is 15.9 Å². The number of aryl methyl sites for hydroxylation is 1. The summed E-state index contributed by atoms with van der Waals surface area (Å²) in [7, 11) is -3.98. The highest BCUT2D eigenvalue weighted by atomic mass is 32.2. The zero-order chi connectivity index (χ0) is 22.7. The first-order valence-corrected chi connectivity index (χ1v) is 11.1. The van der Waals surface area contributed by atoms with Crippen LogP contribution in [-0.2, 0) is 10.0 Å². The standard InChI is InChI=1S/C23H19FN4O3S/c1-16-7-12-20(32(30,31)27-18-10-8-17(24)9-11-18)15-21(16)23(29)25-22-13-14-28(26-22)19-5-3-2-4-6-19/h2-15,27H,1H3,(H,25,26,29). The van der Waals surface area contributed by atoms with Crippen molar-refractivity contribution < 1.29 is 17.6 Å². The summed E-state index contributed by atoms with van der Waals surface area (Å²) < 4.78 is 42.6. The molecular formula is C23H19FN4O3S. The van der Waals surface area contributed by atoms with Gasteiger partial charge in [-0.25, -0.2) is 17.5 Å². The van der Waals surface area contributed by atoms with Gasteiger partial charge in [0.15, 0.2) is 5.82 Å². The first-order chi connectivity index (χ1) is 15.3. The van der Waals surface area contributed by atoms with Gasteiger partial charge in [0.1, 0.15) is 5.82 Å². The molecule has 1 amide bonds. The largest absolute Gasteiger partial charge is 0.305 e. The molecule has 0 unspecified atom stereocenters. The molecule has 9 heteroatoms. The second-order valence-electron chi connectivity index (χ2n) is 7.02. The molecule has 0 atom stereocenters. The number of hydrogen-bond acceptors (Lipinski definition) is 4. The van der Waals surface area contributed by atoms with Gasteiger partial charge in [-0.05, 0) is 61.0 Å². The highest BCUT2D eigenvalue weighted by molar-refractivity contribution is 7.92. The Hall–Kier alpha value is -3.98. The van der Waals surface area contributed by atoms with E-state index in [1.54, 1.807) is 29.9 Å². The molecule has 4 aromatic rings. The van der Waals surface area contributed by atoms with Crippen molar-refractivity contribution in [2.45, 2.75) is 11.8 Å². The maximum atomic E-state index is 13.1. The third-order valence-corrected chi connectivity index (χ3v) is 6.09. The van der Waals surface area contributed by atoms with Gasteiger partial charge in [0.05, 0.1) is 10.6 Å². The number of halogens is 1. The summed E-state index contributed by atoms with van der Waals surface area (Å²) in [5.74, 6) is -0.632. The lowest BCUT2D eigenvalue weighted by molar-refractivity contribution is 0.102. The van der Waals surface area contributed by atoms with Gasteiger partial charge in [0, 0.05) is 23.5 Å². The summed E-state index contributed by atoms with van der Waals surface area (Å²) in [6, 6.07) is 20.3. The van der Waals surface area contributed by atoms with Crippen LogP contribution in [0.3, 0.4) is 0 Å². The minimum atomic E-state index is -3.98. The van der Waals surface area contributed by atoms with Crippen molar-refractivity contribution in [3.05, 3.63) is 102 Å². The molecule has 1 heterocycles. The summed E-state index contributed by atoms with van der Waals surface area (Å²) in [4.78, 5) is 12.7. The summed E-state index contributed by atoms with van der Waals surface area (Å²) in [5, 5.41) is 7.03. The lowest BCUT2D eigenvalue weighted by Gasteiger charge is -2.11. The van der Waals surface area contributed by atoms with Gasteiger partial charge in [0.2, 0.25) is 0 Å². The Labute approximate surface area is 184 Å². The number of benzene rings is 3. The number of carbonyl (C=O) groups excluding carboxylic acids is 1. The molecule has 2 N–H and O–H groups in total. The van der Waals surface area contributed by atoms with Crippen molar-refractivity contribution in [2.24, 2.45) is 0 Å². The Balaban J connectivity index is 1.55. The predicted octanol–water partition coefficient (Wildman–Crippen LogP) is 4.37. The van der Waals surface area contributed by atoms with E-state index in [2.05, 4.69) is 15.1 Å². The Bertz CT molecular complexity index is 1370. The first-order valence-electron chi connectivity index (χ1n) is 9.63. The minimum absolute atomic E-state index is 0.0904. The van der Waals surface area contributed by atoms with E-state index in [-0.39, 0.29) is 16.1 Å². The number of anilines is 2. The number of nitrogens with one attached hydrogen (secondary N) is 2. The number of amides is 1. The molecule has 0 radical (unpaired) electrons. The van der Waals surface area contributed by atoms with Crippen LogP contribution in [0, 0.1) is 12.7 Å². The molecule has 1 aromatic heterocycles. The van der Waals surface area contributed by atoms with E-state index < -0.39 is 21.7 Å². The van der Waals surface area contributed by atoms with Crippen LogP contribution in [0.2, 0.25) is 0 Å². The molecule has 162 valence electrons. The van der Waals surface area contributed by atoms with Gasteiger partial charge in [-0.3, -0.25) is 9.52 Å². The van der Waals surface area contributed by atoms with E-state index in [1.165, 1.54) is 24.3 Å². The van der Waals surface area contributed by atoms with E-state index in [0.29, 0.717) is 11.4 Å². The fourth-order valence-corrected chi connectivity index (χ4v) is 4.13. The van der Waals surface area contributed by atoms with Gasteiger partial charge in [0.25, 0.3) is 15.9 Å². The van der Waals surface area contributed by atoms with Crippen molar-refractivity contribution in [2.75, 3.05) is 10.0 Å². The van der Waals surface area contributed by atoms with Crippen LogP contribution in [0.1, 0.15) is 15.9 Å². The highest BCUT2D eigenvalue weighted by Crippen LogP contribution is 2.21. The van der Waals surface area contributed by atoms with Crippen molar-refractivity contribution in [1.82, 2.24) is 9.78 Å². The molecule has 3 aromatic carbocycles. The van der Waals surface area contributed by atoms with Crippen molar-refractivity contribution >= 4 is 27.4 Å². The zero-order valence-electron chi connectivity index (χ0n) is 17.0. The average Bonchev–Trinajstić information content (AvgIpc) is 3.24. The SMILES string of the molecule is Cc1ccc(S(=O)(=O)Nc2ccc(F)cc2)cc1C(=O)Nc1ccn(-c2ccccc2)n1. The second kappa shape index (κ2) is 8.64. The van der Waals surface area contributed by atoms with Gasteiger partial charge in [-0.15, -0.1) is 0 Å². The molecule has 0 spiro atoms. The minimum Gasteiger partial charge on any atom is -0.305 e. The van der Waals surface area contributed by atoms with E-state index in [4.69, 9.17) is 0 Å². The average molecular weight is 450 g/mol. The molecule has 0 saturated heterocycles. The molecule has 32 heavy (non-hydrogen) atoms. The quantitative estimate of drug-likeness (QED) is 0.456. The van der Waals surface area contributed by atoms with Crippen LogP contribution in [0.25, 0.3) is 5.69 Å². The number of sulfonamides is 1. The monoisotopic (exact) mass is 450 g/mol. The highest BCUT2D eigenvalue weighted by Gasteiger charge is 2.19. The molecule has 0 aliphatic carbocycles. The van der Waals surface area contributed by atoms with E-state index in [1.807, 2.05) is 30.3 Å². The Kier molecular flexibility index (Phi) is 5.74.